The first-order chi connectivity index (χ1) is 16.6. The molecule has 1 aliphatic rings. The molecule has 1 saturated heterocycles. The molecule has 0 aliphatic carbocycles. The molecule has 2 N–H and O–H groups in total. The number of hydrazone groups is 1. The van der Waals surface area contributed by atoms with Crippen molar-refractivity contribution in [2.24, 2.45) is 5.10 Å². The van der Waals surface area contributed by atoms with Crippen molar-refractivity contribution >= 4 is 12.2 Å². The number of hydrogen-bond acceptors (Lipinski definition) is 7. The summed E-state index contributed by atoms with van der Waals surface area (Å²) in [5.74, 6) is -0.194. The molecule has 3 aromatic rings. The number of aromatic amines is 1. The highest BCUT2D eigenvalue weighted by Gasteiger charge is 2.17. The summed E-state index contributed by atoms with van der Waals surface area (Å²) in [6, 6.07) is 15.9. The Morgan fingerprint density at radius 3 is 2.59 bits per heavy atom. The first-order valence-corrected chi connectivity index (χ1v) is 11.2. The van der Waals surface area contributed by atoms with Crippen molar-refractivity contribution in [3.63, 3.8) is 0 Å². The van der Waals surface area contributed by atoms with Crippen molar-refractivity contribution in [2.45, 2.75) is 13.5 Å². The molecule has 0 unspecified atom stereocenters. The number of H-pyrrole nitrogens is 1. The Balaban J connectivity index is 1.44. The van der Waals surface area contributed by atoms with Gasteiger partial charge in [-0.15, -0.1) is 0 Å². The third-order valence-corrected chi connectivity index (χ3v) is 5.85. The highest BCUT2D eigenvalue weighted by Crippen LogP contribution is 2.19. The minimum absolute atomic E-state index is 0.0745. The van der Waals surface area contributed by atoms with Gasteiger partial charge < -0.3 is 4.90 Å². The van der Waals surface area contributed by atoms with Gasteiger partial charge in [-0.25, -0.2) is 14.8 Å². The zero-order valence-electron chi connectivity index (χ0n) is 19.0. The highest BCUT2D eigenvalue weighted by molar-refractivity contribution is 5.80. The Hall–Kier alpha value is -3.87. The molecule has 0 atom stereocenters. The molecule has 0 radical (unpaired) electrons. The van der Waals surface area contributed by atoms with Crippen LogP contribution in [-0.4, -0.2) is 58.7 Å². The zero-order valence-corrected chi connectivity index (χ0v) is 19.0. The number of halogens is 1. The molecule has 2 heterocycles. The summed E-state index contributed by atoms with van der Waals surface area (Å²) in [6.45, 7) is 7.66. The molecule has 9 heteroatoms. The van der Waals surface area contributed by atoms with Crippen molar-refractivity contribution in [1.82, 2.24) is 19.8 Å². The van der Waals surface area contributed by atoms with Crippen LogP contribution >= 0.6 is 0 Å². The van der Waals surface area contributed by atoms with Crippen LogP contribution in [-0.2, 0) is 6.54 Å². The number of likely N-dealkylation sites (N-methyl/N-ethyl adjacent to an activating group) is 1. The van der Waals surface area contributed by atoms with E-state index in [0.29, 0.717) is 23.2 Å². The van der Waals surface area contributed by atoms with E-state index in [9.17, 15) is 14.4 Å². The smallest absolute Gasteiger partial charge is 0.270 e. The standard InChI is InChI=1S/C25H26FN7O/c1-2-32-10-12-33(13-11-32)17-20-9-8-18(14-22(20)26)16-28-31-25-29-23(19-6-4-3-5-7-19)21(15-27)24(34)30-25/h3-9,14,16H,2,10-13,17H2,1H3,(H2,29,30,31,34). The second-order valence-corrected chi connectivity index (χ2v) is 8.05. The average Bonchev–Trinajstić information content (AvgIpc) is 2.86. The van der Waals surface area contributed by atoms with E-state index in [1.807, 2.05) is 12.1 Å². The summed E-state index contributed by atoms with van der Waals surface area (Å²) >= 11 is 0. The zero-order chi connectivity index (χ0) is 23.9. The first-order valence-electron chi connectivity index (χ1n) is 11.2. The number of nitrogens with zero attached hydrogens (tertiary/aromatic N) is 5. The molecular formula is C25H26FN7O. The lowest BCUT2D eigenvalue weighted by molar-refractivity contribution is 0.131. The number of benzene rings is 2. The molecule has 1 fully saturated rings. The van der Waals surface area contributed by atoms with Gasteiger partial charge in [-0.2, -0.15) is 10.4 Å². The van der Waals surface area contributed by atoms with E-state index in [1.165, 1.54) is 12.3 Å². The Kier molecular flexibility index (Phi) is 7.42. The van der Waals surface area contributed by atoms with Gasteiger partial charge in [-0.3, -0.25) is 14.7 Å². The van der Waals surface area contributed by atoms with E-state index in [1.54, 1.807) is 36.4 Å². The monoisotopic (exact) mass is 459 g/mol. The molecule has 0 bridgehead atoms. The van der Waals surface area contributed by atoms with E-state index < -0.39 is 5.56 Å². The van der Waals surface area contributed by atoms with Crippen LogP contribution in [0.3, 0.4) is 0 Å². The van der Waals surface area contributed by atoms with Gasteiger partial charge in [0.05, 0.1) is 11.9 Å². The maximum absolute atomic E-state index is 14.7. The van der Waals surface area contributed by atoms with Crippen molar-refractivity contribution < 1.29 is 4.39 Å². The lowest BCUT2D eigenvalue weighted by Crippen LogP contribution is -2.45. The molecule has 2 aromatic carbocycles. The average molecular weight is 460 g/mol. The maximum Gasteiger partial charge on any atom is 0.270 e. The number of rotatable bonds is 7. The van der Waals surface area contributed by atoms with Crippen molar-refractivity contribution in [2.75, 3.05) is 38.1 Å². The predicted molar refractivity (Wildman–Crippen MR) is 130 cm³/mol. The highest BCUT2D eigenvalue weighted by atomic mass is 19.1. The number of nitrogens with one attached hydrogen (secondary N) is 2. The van der Waals surface area contributed by atoms with Gasteiger partial charge in [0.25, 0.3) is 5.56 Å². The second-order valence-electron chi connectivity index (χ2n) is 8.05. The quantitative estimate of drug-likeness (QED) is 0.416. The van der Waals surface area contributed by atoms with E-state index in [4.69, 9.17) is 0 Å². The van der Waals surface area contributed by atoms with E-state index >= 15 is 0 Å². The minimum atomic E-state index is -0.566. The van der Waals surface area contributed by atoms with Crippen LogP contribution in [0.1, 0.15) is 23.6 Å². The predicted octanol–water partition coefficient (Wildman–Crippen LogP) is 3.03. The molecule has 174 valence electrons. The van der Waals surface area contributed by atoms with Gasteiger partial charge in [-0.05, 0) is 18.2 Å². The fraction of sp³-hybridized carbons (Fsp3) is 0.280. The summed E-state index contributed by atoms with van der Waals surface area (Å²) < 4.78 is 14.7. The normalized spacial score (nSPS) is 14.9. The molecule has 1 aliphatic heterocycles. The number of anilines is 1. The summed E-state index contributed by atoms with van der Waals surface area (Å²) in [7, 11) is 0. The third-order valence-electron chi connectivity index (χ3n) is 5.85. The largest absolute Gasteiger partial charge is 0.301 e. The van der Waals surface area contributed by atoms with Crippen LogP contribution in [0.4, 0.5) is 10.3 Å². The fourth-order valence-corrected chi connectivity index (χ4v) is 3.88. The minimum Gasteiger partial charge on any atom is -0.301 e. The summed E-state index contributed by atoms with van der Waals surface area (Å²) in [5.41, 5.74) is 4.16. The van der Waals surface area contributed by atoms with Crippen LogP contribution < -0.4 is 11.0 Å². The summed E-state index contributed by atoms with van der Waals surface area (Å²) in [4.78, 5) is 23.8. The van der Waals surface area contributed by atoms with Gasteiger partial charge in [-0.1, -0.05) is 49.4 Å². The summed E-state index contributed by atoms with van der Waals surface area (Å²) in [6.07, 6.45) is 1.45. The second kappa shape index (κ2) is 10.8. The molecule has 0 amide bonds. The van der Waals surface area contributed by atoms with Crippen molar-refractivity contribution in [3.05, 3.63) is 81.4 Å². The molecule has 1 aromatic heterocycles. The topological polar surface area (TPSA) is 100 Å². The van der Waals surface area contributed by atoms with E-state index in [-0.39, 0.29) is 23.0 Å². The lowest BCUT2D eigenvalue weighted by Gasteiger charge is -2.34. The van der Waals surface area contributed by atoms with Crippen LogP contribution in [0.25, 0.3) is 11.3 Å². The number of nitriles is 1. The van der Waals surface area contributed by atoms with Gasteiger partial charge in [0, 0.05) is 43.9 Å². The molecule has 0 saturated carbocycles. The van der Waals surface area contributed by atoms with Gasteiger partial charge in [0.1, 0.15) is 17.4 Å². The van der Waals surface area contributed by atoms with Crippen LogP contribution in [0.5, 0.6) is 0 Å². The van der Waals surface area contributed by atoms with Gasteiger partial charge in [0.2, 0.25) is 5.95 Å². The van der Waals surface area contributed by atoms with Crippen LogP contribution in [0.15, 0.2) is 58.4 Å². The Bertz CT molecular complexity index is 1260. The molecule has 34 heavy (non-hydrogen) atoms. The van der Waals surface area contributed by atoms with Gasteiger partial charge >= 0.3 is 0 Å². The SMILES string of the molecule is CCN1CCN(Cc2ccc(C=NNc3nc(-c4ccccc4)c(C#N)c(=O)[nH]3)cc2F)CC1. The van der Waals surface area contributed by atoms with E-state index in [2.05, 4.69) is 37.2 Å². The molecule has 0 spiro atoms. The Morgan fingerprint density at radius 1 is 1.18 bits per heavy atom. The third kappa shape index (κ3) is 5.54. The lowest BCUT2D eigenvalue weighted by atomic mass is 10.1. The van der Waals surface area contributed by atoms with E-state index in [0.717, 1.165) is 32.7 Å². The Labute approximate surface area is 197 Å². The summed E-state index contributed by atoms with van der Waals surface area (Å²) in [5, 5.41) is 13.4. The molecular weight excluding hydrogens is 433 g/mol. The molecule has 4 rings (SSSR count). The molecule has 8 nitrogen and oxygen atoms in total. The number of hydrogen-bond donors (Lipinski definition) is 2. The maximum atomic E-state index is 14.7. The first kappa shape index (κ1) is 23.3. The Morgan fingerprint density at radius 2 is 1.91 bits per heavy atom. The van der Waals surface area contributed by atoms with Crippen LogP contribution in [0, 0.1) is 17.1 Å². The van der Waals surface area contributed by atoms with Crippen molar-refractivity contribution in [1.29, 1.82) is 5.26 Å². The number of aromatic nitrogens is 2. The van der Waals surface area contributed by atoms with Crippen molar-refractivity contribution in [3.8, 4) is 17.3 Å². The van der Waals surface area contributed by atoms with Crippen LogP contribution in [0.2, 0.25) is 0 Å². The van der Waals surface area contributed by atoms with Gasteiger partial charge in [0.15, 0.2) is 0 Å². The number of piperazine rings is 1. The fourth-order valence-electron chi connectivity index (χ4n) is 3.88.